The van der Waals surface area contributed by atoms with Crippen molar-refractivity contribution in [3.05, 3.63) is 47.1 Å². The Morgan fingerprint density at radius 3 is 2.54 bits per heavy atom. The van der Waals surface area contributed by atoms with Gasteiger partial charge >= 0.3 is 0 Å². The molecular weight excluding hydrogens is 602 g/mol. The molecule has 260 valence electrons. The number of benzene rings is 1. The second kappa shape index (κ2) is 14.1. The number of piperidine rings is 1. The Hall–Kier alpha value is -3.05. The van der Waals surface area contributed by atoms with Crippen LogP contribution in [0.3, 0.4) is 0 Å². The number of rotatable bonds is 11. The first-order valence-corrected chi connectivity index (χ1v) is 18.5. The van der Waals surface area contributed by atoms with Crippen molar-refractivity contribution >= 4 is 29.0 Å². The largest absolute Gasteiger partial charge is 0.355 e. The van der Waals surface area contributed by atoms with E-state index in [-0.39, 0.29) is 41.6 Å². The summed E-state index contributed by atoms with van der Waals surface area (Å²) >= 11 is 0. The fraction of sp³-hybridized carbons (Fsp3) is 0.658. The number of hydrogen-bond acceptors (Lipinski definition) is 7. The number of likely N-dealkylation sites (tertiary alicyclic amines) is 2. The zero-order valence-electron chi connectivity index (χ0n) is 29.3. The summed E-state index contributed by atoms with van der Waals surface area (Å²) in [5, 5.41) is 10.1. The number of nitrogens with one attached hydrogen (secondary N) is 3. The standard InChI is InChI=1S/C38H55N7O3/c1-5-43(15-10-26-6-7-26)19-14-39-38(48)35-24(2)40-33(36(35)34-23-42(34)4)21-31-30-20-28(8-9-32(30)41-37(31)47)27-11-16-44(17-12-27)29-13-18-45(22-29)25(3)46/h8-10,20-21,24,27,29,33-36,40H,5-7,11-19,22-23H2,1-4H3,(H,39,48)(H,41,47). The van der Waals surface area contributed by atoms with Crippen LogP contribution in [0, 0.1) is 11.8 Å². The fourth-order valence-electron chi connectivity index (χ4n) is 8.87. The maximum atomic E-state index is 13.7. The summed E-state index contributed by atoms with van der Waals surface area (Å²) in [4.78, 5) is 48.3. The molecule has 1 aromatic rings. The molecule has 10 nitrogen and oxygen atoms in total. The van der Waals surface area contributed by atoms with E-state index in [0.29, 0.717) is 24.5 Å². The smallest absolute Gasteiger partial charge is 0.256 e. The van der Waals surface area contributed by atoms with Crippen LogP contribution in [0.25, 0.3) is 5.57 Å². The number of carbonyl (C=O) groups is 3. The maximum absolute atomic E-state index is 13.7. The van der Waals surface area contributed by atoms with Gasteiger partial charge in [0, 0.05) is 93.1 Å². The zero-order chi connectivity index (χ0) is 33.5. The van der Waals surface area contributed by atoms with Crippen LogP contribution >= 0.6 is 0 Å². The Morgan fingerprint density at radius 2 is 1.88 bits per heavy atom. The molecule has 7 unspecified atom stereocenters. The van der Waals surface area contributed by atoms with E-state index in [1.807, 2.05) is 4.90 Å². The van der Waals surface area contributed by atoms with Crippen molar-refractivity contribution in [2.24, 2.45) is 11.8 Å². The molecule has 5 fully saturated rings. The minimum Gasteiger partial charge on any atom is -0.355 e. The summed E-state index contributed by atoms with van der Waals surface area (Å²) in [6, 6.07) is 7.24. The van der Waals surface area contributed by atoms with Crippen molar-refractivity contribution in [3.8, 4) is 0 Å². The molecule has 48 heavy (non-hydrogen) atoms. The third-order valence-electron chi connectivity index (χ3n) is 12.1. The molecule has 1 saturated carbocycles. The predicted molar refractivity (Wildman–Crippen MR) is 189 cm³/mol. The third kappa shape index (κ3) is 7.13. The molecule has 0 bridgehead atoms. The van der Waals surface area contributed by atoms with Crippen molar-refractivity contribution in [1.29, 1.82) is 0 Å². The molecule has 10 heteroatoms. The highest BCUT2D eigenvalue weighted by Gasteiger charge is 2.53. The highest BCUT2D eigenvalue weighted by atomic mass is 16.2. The van der Waals surface area contributed by atoms with Crippen LogP contribution in [0.5, 0.6) is 0 Å². The summed E-state index contributed by atoms with van der Waals surface area (Å²) in [6.45, 7) is 14.2. The molecule has 4 saturated heterocycles. The Balaban J connectivity index is 1.02. The Morgan fingerprint density at radius 1 is 1.10 bits per heavy atom. The second-order valence-corrected chi connectivity index (χ2v) is 15.2. The first-order valence-electron chi connectivity index (χ1n) is 18.5. The Labute approximate surface area is 286 Å². The van der Waals surface area contributed by atoms with Crippen LogP contribution in [-0.4, -0.2) is 127 Å². The quantitative estimate of drug-likeness (QED) is 0.191. The molecule has 7 atom stereocenters. The molecule has 5 aliphatic heterocycles. The lowest BCUT2D eigenvalue weighted by atomic mass is 9.82. The van der Waals surface area contributed by atoms with Crippen LogP contribution in [0.2, 0.25) is 0 Å². The fourth-order valence-corrected chi connectivity index (χ4v) is 8.87. The Bertz CT molecular complexity index is 1460. The van der Waals surface area contributed by atoms with Crippen molar-refractivity contribution in [2.75, 3.05) is 71.3 Å². The van der Waals surface area contributed by atoms with Crippen LogP contribution < -0.4 is 16.0 Å². The average Bonchev–Trinajstić information content (AvgIpc) is 3.91. The van der Waals surface area contributed by atoms with Crippen molar-refractivity contribution < 1.29 is 14.4 Å². The molecule has 3 N–H and O–H groups in total. The highest BCUT2D eigenvalue weighted by Crippen LogP contribution is 2.42. The lowest BCUT2D eigenvalue weighted by Crippen LogP contribution is -2.43. The molecule has 1 aromatic carbocycles. The number of likely N-dealkylation sites (N-methyl/N-ethyl adjacent to an activating group) is 2. The van der Waals surface area contributed by atoms with Gasteiger partial charge in [0.1, 0.15) is 0 Å². The molecule has 0 aromatic heterocycles. The van der Waals surface area contributed by atoms with E-state index >= 15 is 0 Å². The molecule has 5 heterocycles. The maximum Gasteiger partial charge on any atom is 0.256 e. The number of allylic oxidation sites excluding steroid dienone is 1. The van der Waals surface area contributed by atoms with Crippen LogP contribution in [0.4, 0.5) is 5.69 Å². The lowest BCUT2D eigenvalue weighted by Gasteiger charge is -2.36. The second-order valence-electron chi connectivity index (χ2n) is 15.2. The van der Waals surface area contributed by atoms with Crippen LogP contribution in [-0.2, 0) is 14.4 Å². The molecule has 1 aliphatic carbocycles. The van der Waals surface area contributed by atoms with E-state index in [0.717, 1.165) is 88.4 Å². The topological polar surface area (TPSA) is 100 Å². The summed E-state index contributed by atoms with van der Waals surface area (Å²) < 4.78 is 0. The van der Waals surface area contributed by atoms with E-state index in [1.54, 1.807) is 12.5 Å². The van der Waals surface area contributed by atoms with Gasteiger partial charge in [0.25, 0.3) is 5.91 Å². The van der Waals surface area contributed by atoms with Gasteiger partial charge in [-0.25, -0.2) is 0 Å². The molecule has 7 rings (SSSR count). The van der Waals surface area contributed by atoms with E-state index < -0.39 is 0 Å². The molecular formula is C38H55N7O3. The summed E-state index contributed by atoms with van der Waals surface area (Å²) in [6.07, 6.45) is 10.2. The monoisotopic (exact) mass is 657 g/mol. The molecule has 0 spiro atoms. The third-order valence-corrected chi connectivity index (χ3v) is 12.1. The predicted octanol–water partition coefficient (Wildman–Crippen LogP) is 2.89. The van der Waals surface area contributed by atoms with Gasteiger partial charge in [-0.05, 0) is 89.3 Å². The number of fused-ring (bicyclic) bond motifs is 1. The van der Waals surface area contributed by atoms with Crippen molar-refractivity contribution in [1.82, 2.24) is 30.2 Å². The first kappa shape index (κ1) is 33.4. The van der Waals surface area contributed by atoms with Gasteiger partial charge in [-0.2, -0.15) is 0 Å². The van der Waals surface area contributed by atoms with Crippen LogP contribution in [0.1, 0.15) is 69.9 Å². The average molecular weight is 658 g/mol. The summed E-state index contributed by atoms with van der Waals surface area (Å²) in [5.74, 6) is 0.633. The van der Waals surface area contributed by atoms with Gasteiger partial charge < -0.3 is 25.8 Å². The van der Waals surface area contributed by atoms with E-state index in [9.17, 15) is 14.4 Å². The number of anilines is 1. The minimum atomic E-state index is -0.159. The van der Waals surface area contributed by atoms with Crippen molar-refractivity contribution in [2.45, 2.75) is 83.0 Å². The summed E-state index contributed by atoms with van der Waals surface area (Å²) in [5.41, 5.74) is 5.44. The van der Waals surface area contributed by atoms with Gasteiger partial charge in [-0.1, -0.05) is 30.7 Å². The highest BCUT2D eigenvalue weighted by molar-refractivity contribution is 6.31. The molecule has 3 amide bonds. The van der Waals surface area contributed by atoms with Gasteiger partial charge in [0.15, 0.2) is 0 Å². The first-order chi connectivity index (χ1) is 23.2. The number of hydrogen-bond donors (Lipinski definition) is 3. The van der Waals surface area contributed by atoms with Gasteiger partial charge in [0.05, 0.1) is 5.92 Å². The van der Waals surface area contributed by atoms with Gasteiger partial charge in [0.2, 0.25) is 11.8 Å². The van der Waals surface area contributed by atoms with Crippen molar-refractivity contribution in [3.63, 3.8) is 0 Å². The van der Waals surface area contributed by atoms with Crippen LogP contribution in [0.15, 0.2) is 35.9 Å². The van der Waals surface area contributed by atoms with Gasteiger partial charge in [-0.15, -0.1) is 0 Å². The number of amides is 3. The molecule has 0 radical (unpaired) electrons. The SMILES string of the molecule is CCN(CC=C1CC1)CCNC(=O)C1C(C)NC(C=C2C(=O)Nc3ccc(C4CCN(C5CCN(C(C)=O)C5)CC4)cc32)C1C1CN1C. The van der Waals surface area contributed by atoms with Gasteiger partial charge in [-0.3, -0.25) is 24.2 Å². The van der Waals surface area contributed by atoms with E-state index in [2.05, 4.69) is 81.9 Å². The minimum absolute atomic E-state index is 0.00979. The Kier molecular flexibility index (Phi) is 9.79. The van der Waals surface area contributed by atoms with E-state index in [1.165, 1.54) is 18.4 Å². The summed E-state index contributed by atoms with van der Waals surface area (Å²) in [7, 11) is 2.13. The lowest BCUT2D eigenvalue weighted by molar-refractivity contribution is -0.128. The van der Waals surface area contributed by atoms with E-state index in [4.69, 9.17) is 0 Å². The number of carbonyl (C=O) groups excluding carboxylic acids is 3. The normalized spacial score (nSPS) is 32.6. The zero-order valence-corrected chi connectivity index (χ0v) is 29.3. The molecule has 6 aliphatic rings. The number of nitrogens with zero attached hydrogens (tertiary/aromatic N) is 4.